The van der Waals surface area contributed by atoms with Gasteiger partial charge in [0.05, 0.1) is 23.5 Å². The van der Waals surface area contributed by atoms with E-state index in [4.69, 9.17) is 4.98 Å². The molecule has 1 aliphatic heterocycles. The lowest BCUT2D eigenvalue weighted by Crippen LogP contribution is -2.44. The standard InChI is InChI=1S/C27H31N5O2/c1-17-18(2)32-23-15-20(11-10-19(23)14-24(32)27(34)28-17)25(33)16-26-29-21-8-5-6-9-22(21)31(26)13-7-12-30(3)4/h5-6,8-11,14-15,17-18H,7,12-13,16H2,1-4H3,(H,28,34)/t17-,18-/m0/s1. The monoisotopic (exact) mass is 457 g/mol. The van der Waals surface area contributed by atoms with Crippen LogP contribution in [0.1, 0.15) is 53.0 Å². The molecule has 7 nitrogen and oxygen atoms in total. The van der Waals surface area contributed by atoms with Gasteiger partial charge in [-0.25, -0.2) is 4.98 Å². The highest BCUT2D eigenvalue weighted by molar-refractivity contribution is 6.04. The molecular weight excluding hydrogens is 426 g/mol. The second-order valence-electron chi connectivity index (χ2n) is 9.60. The lowest BCUT2D eigenvalue weighted by Gasteiger charge is -2.30. The topological polar surface area (TPSA) is 72.2 Å². The number of aryl methyl sites for hydroxylation is 1. The number of ketones is 1. The number of amides is 1. The molecule has 0 aliphatic carbocycles. The van der Waals surface area contributed by atoms with Gasteiger partial charge in [0.2, 0.25) is 0 Å². The summed E-state index contributed by atoms with van der Waals surface area (Å²) in [4.78, 5) is 32.9. The van der Waals surface area contributed by atoms with Gasteiger partial charge < -0.3 is 19.4 Å². The Labute approximate surface area is 199 Å². The van der Waals surface area contributed by atoms with Crippen molar-refractivity contribution in [2.75, 3.05) is 20.6 Å². The van der Waals surface area contributed by atoms with Crippen molar-refractivity contribution in [3.8, 4) is 0 Å². The Morgan fingerprint density at radius 1 is 1.09 bits per heavy atom. The third-order valence-electron chi connectivity index (χ3n) is 6.93. The molecule has 2 atom stereocenters. The predicted molar refractivity (Wildman–Crippen MR) is 135 cm³/mol. The number of hydrogen-bond acceptors (Lipinski definition) is 4. The maximum Gasteiger partial charge on any atom is 0.268 e. The van der Waals surface area contributed by atoms with Crippen molar-refractivity contribution in [3.63, 3.8) is 0 Å². The summed E-state index contributed by atoms with van der Waals surface area (Å²) in [6, 6.07) is 15.8. The molecule has 34 heavy (non-hydrogen) atoms. The van der Waals surface area contributed by atoms with Crippen LogP contribution in [-0.2, 0) is 13.0 Å². The van der Waals surface area contributed by atoms with Gasteiger partial charge >= 0.3 is 0 Å². The fourth-order valence-electron chi connectivity index (χ4n) is 4.93. The van der Waals surface area contributed by atoms with E-state index < -0.39 is 0 Å². The summed E-state index contributed by atoms with van der Waals surface area (Å²) >= 11 is 0. The molecule has 2 aromatic heterocycles. The first kappa shape index (κ1) is 22.3. The molecule has 0 unspecified atom stereocenters. The summed E-state index contributed by atoms with van der Waals surface area (Å²) in [6.45, 7) is 5.89. The highest BCUT2D eigenvalue weighted by atomic mass is 16.2. The number of aromatic nitrogens is 3. The number of para-hydroxylation sites is 2. The van der Waals surface area contributed by atoms with E-state index in [0.717, 1.165) is 47.3 Å². The summed E-state index contributed by atoms with van der Waals surface area (Å²) in [5.74, 6) is 0.757. The summed E-state index contributed by atoms with van der Waals surface area (Å²) in [5.41, 5.74) is 4.20. The van der Waals surface area contributed by atoms with Crippen LogP contribution in [0, 0.1) is 0 Å². The van der Waals surface area contributed by atoms with Crippen molar-refractivity contribution in [1.29, 1.82) is 0 Å². The number of carbonyl (C=O) groups excluding carboxylic acids is 2. The quantitative estimate of drug-likeness (QED) is 0.425. The van der Waals surface area contributed by atoms with Crippen LogP contribution < -0.4 is 5.32 Å². The number of nitrogens with one attached hydrogen (secondary N) is 1. The first-order chi connectivity index (χ1) is 16.3. The van der Waals surface area contributed by atoms with Gasteiger partial charge in [-0.2, -0.15) is 0 Å². The number of fused-ring (bicyclic) bond motifs is 4. The van der Waals surface area contributed by atoms with Crippen LogP contribution in [0.3, 0.4) is 0 Å². The van der Waals surface area contributed by atoms with E-state index in [0.29, 0.717) is 11.3 Å². The normalized spacial score (nSPS) is 18.0. The van der Waals surface area contributed by atoms with E-state index in [1.165, 1.54) is 0 Å². The third-order valence-corrected chi connectivity index (χ3v) is 6.93. The van der Waals surface area contributed by atoms with Gasteiger partial charge in [0, 0.05) is 29.1 Å². The lowest BCUT2D eigenvalue weighted by molar-refractivity contribution is 0.0891. The molecule has 4 aromatic rings. The Morgan fingerprint density at radius 3 is 2.68 bits per heavy atom. The highest BCUT2D eigenvalue weighted by Crippen LogP contribution is 2.30. The van der Waals surface area contributed by atoms with Crippen LogP contribution >= 0.6 is 0 Å². The molecule has 2 aromatic carbocycles. The minimum Gasteiger partial charge on any atom is -0.346 e. The van der Waals surface area contributed by atoms with Crippen molar-refractivity contribution in [2.24, 2.45) is 0 Å². The zero-order valence-corrected chi connectivity index (χ0v) is 20.2. The smallest absolute Gasteiger partial charge is 0.268 e. The maximum absolute atomic E-state index is 13.4. The zero-order chi connectivity index (χ0) is 24.0. The third kappa shape index (κ3) is 3.90. The van der Waals surface area contributed by atoms with Gasteiger partial charge in [-0.05, 0) is 65.2 Å². The Bertz CT molecular complexity index is 1400. The molecule has 0 bridgehead atoms. The molecule has 0 radical (unpaired) electrons. The molecule has 1 N–H and O–H groups in total. The van der Waals surface area contributed by atoms with Crippen LogP contribution in [-0.4, -0.2) is 57.4 Å². The van der Waals surface area contributed by atoms with Crippen molar-refractivity contribution in [2.45, 2.75) is 45.3 Å². The second kappa shape index (κ2) is 8.72. The Morgan fingerprint density at radius 2 is 1.88 bits per heavy atom. The molecule has 0 saturated carbocycles. The summed E-state index contributed by atoms with van der Waals surface area (Å²) < 4.78 is 4.24. The molecule has 7 heteroatoms. The predicted octanol–water partition coefficient (Wildman–Crippen LogP) is 4.06. The SMILES string of the molecule is C[C@@H]1NC(=O)c2cc3ccc(C(=O)Cc4nc5ccccc5n4CCCN(C)C)cc3n2[C@H]1C. The van der Waals surface area contributed by atoms with Crippen molar-refractivity contribution >= 4 is 33.6 Å². The Kier molecular flexibility index (Phi) is 5.73. The van der Waals surface area contributed by atoms with Crippen molar-refractivity contribution in [3.05, 3.63) is 65.6 Å². The lowest BCUT2D eigenvalue weighted by atomic mass is 10.1. The van der Waals surface area contributed by atoms with E-state index in [2.05, 4.69) is 46.4 Å². The number of carbonyl (C=O) groups is 2. The van der Waals surface area contributed by atoms with Crippen molar-refractivity contribution in [1.82, 2.24) is 24.3 Å². The number of imidazole rings is 1. The Hall–Kier alpha value is -3.45. The number of Topliss-reactive ketones (excluding diaryl/α,β-unsaturated/α-hetero) is 1. The maximum atomic E-state index is 13.4. The summed E-state index contributed by atoms with van der Waals surface area (Å²) in [5, 5.41) is 3.99. The van der Waals surface area contributed by atoms with Crippen LogP contribution in [0.25, 0.3) is 21.9 Å². The number of hydrogen-bond donors (Lipinski definition) is 1. The van der Waals surface area contributed by atoms with Crippen LogP contribution in [0.2, 0.25) is 0 Å². The summed E-state index contributed by atoms with van der Waals surface area (Å²) in [7, 11) is 4.14. The molecule has 0 saturated heterocycles. The van der Waals surface area contributed by atoms with E-state index >= 15 is 0 Å². The highest BCUT2D eigenvalue weighted by Gasteiger charge is 2.29. The van der Waals surface area contributed by atoms with Crippen LogP contribution in [0.4, 0.5) is 0 Å². The van der Waals surface area contributed by atoms with Gasteiger partial charge in [-0.3, -0.25) is 9.59 Å². The average Bonchev–Trinajstić information content (AvgIpc) is 3.36. The van der Waals surface area contributed by atoms with Gasteiger partial charge in [0.1, 0.15) is 11.5 Å². The summed E-state index contributed by atoms with van der Waals surface area (Å²) in [6.07, 6.45) is 1.22. The number of nitrogens with zero attached hydrogens (tertiary/aromatic N) is 4. The number of benzene rings is 2. The van der Waals surface area contributed by atoms with E-state index in [-0.39, 0.29) is 30.2 Å². The molecule has 1 aliphatic rings. The zero-order valence-electron chi connectivity index (χ0n) is 20.2. The fraction of sp³-hybridized carbons (Fsp3) is 0.370. The average molecular weight is 458 g/mol. The second-order valence-corrected chi connectivity index (χ2v) is 9.60. The molecule has 0 spiro atoms. The molecule has 1 amide bonds. The minimum absolute atomic E-state index is 0.0250. The van der Waals surface area contributed by atoms with Gasteiger partial charge in [0.25, 0.3) is 5.91 Å². The molecular formula is C27H31N5O2. The largest absolute Gasteiger partial charge is 0.346 e. The van der Waals surface area contributed by atoms with E-state index in [1.54, 1.807) is 0 Å². The minimum atomic E-state index is -0.0684. The molecule has 176 valence electrons. The van der Waals surface area contributed by atoms with Crippen LogP contribution in [0.15, 0.2) is 48.5 Å². The Balaban J connectivity index is 1.48. The molecule has 5 rings (SSSR count). The first-order valence-electron chi connectivity index (χ1n) is 11.9. The van der Waals surface area contributed by atoms with Gasteiger partial charge in [-0.15, -0.1) is 0 Å². The molecule has 3 heterocycles. The van der Waals surface area contributed by atoms with Gasteiger partial charge in [0.15, 0.2) is 5.78 Å². The van der Waals surface area contributed by atoms with Crippen molar-refractivity contribution < 1.29 is 9.59 Å². The van der Waals surface area contributed by atoms with Crippen LogP contribution in [0.5, 0.6) is 0 Å². The van der Waals surface area contributed by atoms with E-state index in [9.17, 15) is 9.59 Å². The fourth-order valence-corrected chi connectivity index (χ4v) is 4.93. The van der Waals surface area contributed by atoms with Gasteiger partial charge in [-0.1, -0.05) is 24.3 Å². The number of rotatable bonds is 7. The first-order valence-corrected chi connectivity index (χ1v) is 11.9. The van der Waals surface area contributed by atoms with E-state index in [1.807, 2.05) is 49.4 Å². The molecule has 0 fully saturated rings.